The Hall–Kier alpha value is -2.86. The van der Waals surface area contributed by atoms with Gasteiger partial charge in [-0.2, -0.15) is 0 Å². The molecule has 3 rings (SSSR count). The summed E-state index contributed by atoms with van der Waals surface area (Å²) >= 11 is 5.86. The zero-order valence-corrected chi connectivity index (χ0v) is 15.7. The Bertz CT molecular complexity index is 867. The van der Waals surface area contributed by atoms with E-state index in [-0.39, 0.29) is 37.1 Å². The van der Waals surface area contributed by atoms with Crippen molar-refractivity contribution in [1.82, 2.24) is 4.90 Å². The molecular formula is C20H20ClN3O3. The molecule has 3 amide bonds. The molecule has 1 aliphatic rings. The molecule has 1 aliphatic heterocycles. The molecule has 1 heterocycles. The first kappa shape index (κ1) is 18.9. The lowest BCUT2D eigenvalue weighted by Gasteiger charge is -2.29. The van der Waals surface area contributed by atoms with Gasteiger partial charge >= 0.3 is 0 Å². The van der Waals surface area contributed by atoms with Gasteiger partial charge in [0.1, 0.15) is 6.54 Å². The van der Waals surface area contributed by atoms with Gasteiger partial charge in [0.25, 0.3) is 0 Å². The van der Waals surface area contributed by atoms with Crippen LogP contribution in [-0.2, 0) is 20.9 Å². The summed E-state index contributed by atoms with van der Waals surface area (Å²) in [7, 11) is 1.70. The first-order chi connectivity index (χ1) is 12.9. The van der Waals surface area contributed by atoms with Crippen LogP contribution >= 0.6 is 11.6 Å². The molecule has 0 spiro atoms. The third-order valence-electron chi connectivity index (χ3n) is 4.38. The minimum atomic E-state index is -0.245. The van der Waals surface area contributed by atoms with Gasteiger partial charge in [-0.25, -0.2) is 0 Å². The minimum absolute atomic E-state index is 0.0371. The fourth-order valence-electron chi connectivity index (χ4n) is 2.95. The molecule has 0 saturated heterocycles. The Balaban J connectivity index is 1.58. The van der Waals surface area contributed by atoms with E-state index >= 15 is 0 Å². The van der Waals surface area contributed by atoms with E-state index in [0.29, 0.717) is 22.9 Å². The van der Waals surface area contributed by atoms with Crippen LogP contribution in [0.1, 0.15) is 18.4 Å². The maximum absolute atomic E-state index is 12.6. The van der Waals surface area contributed by atoms with E-state index in [2.05, 4.69) is 5.32 Å². The van der Waals surface area contributed by atoms with Gasteiger partial charge in [-0.1, -0.05) is 35.9 Å². The van der Waals surface area contributed by atoms with E-state index in [4.69, 9.17) is 11.6 Å². The lowest BCUT2D eigenvalue weighted by molar-refractivity contribution is -0.132. The summed E-state index contributed by atoms with van der Waals surface area (Å²) in [5.74, 6) is -0.619. The van der Waals surface area contributed by atoms with Gasteiger partial charge in [0.05, 0.1) is 11.4 Å². The summed E-state index contributed by atoms with van der Waals surface area (Å²) in [6.45, 7) is 0.407. The molecule has 1 N–H and O–H groups in total. The number of fused-ring (bicyclic) bond motifs is 1. The molecule has 0 radical (unpaired) electrons. The lowest BCUT2D eigenvalue weighted by Crippen LogP contribution is -2.42. The third-order valence-corrected chi connectivity index (χ3v) is 4.64. The number of carbonyl (C=O) groups excluding carboxylic acids is 3. The van der Waals surface area contributed by atoms with Crippen molar-refractivity contribution in [2.45, 2.75) is 19.4 Å². The number of carbonyl (C=O) groups is 3. The molecule has 0 aliphatic carbocycles. The number of amides is 3. The highest BCUT2D eigenvalue weighted by molar-refractivity contribution is 6.30. The fraction of sp³-hybridized carbons (Fsp3) is 0.250. The normalized spacial score (nSPS) is 13.0. The first-order valence-corrected chi connectivity index (χ1v) is 8.99. The van der Waals surface area contributed by atoms with Gasteiger partial charge in [0.15, 0.2) is 0 Å². The SMILES string of the molecule is CN(Cc1ccc(Cl)cc1)C(=O)CCC(=O)N1CC(=O)Nc2ccccc21. The van der Waals surface area contributed by atoms with Gasteiger partial charge in [-0.05, 0) is 29.8 Å². The van der Waals surface area contributed by atoms with Crippen molar-refractivity contribution in [3.8, 4) is 0 Å². The molecule has 2 aromatic rings. The summed E-state index contributed by atoms with van der Waals surface area (Å²) in [6.07, 6.45) is 0.134. The van der Waals surface area contributed by atoms with Crippen molar-refractivity contribution >= 4 is 40.7 Å². The van der Waals surface area contributed by atoms with Crippen molar-refractivity contribution in [3.05, 3.63) is 59.1 Å². The van der Waals surface area contributed by atoms with Crippen molar-refractivity contribution in [2.24, 2.45) is 0 Å². The first-order valence-electron chi connectivity index (χ1n) is 8.61. The zero-order chi connectivity index (χ0) is 19.4. The van der Waals surface area contributed by atoms with Gasteiger partial charge < -0.3 is 15.1 Å². The number of halogens is 1. The summed E-state index contributed by atoms with van der Waals surface area (Å²) in [5.41, 5.74) is 2.22. The maximum Gasteiger partial charge on any atom is 0.244 e. The Morgan fingerprint density at radius 2 is 1.81 bits per heavy atom. The van der Waals surface area contributed by atoms with Crippen LogP contribution in [0, 0.1) is 0 Å². The maximum atomic E-state index is 12.6. The summed E-state index contributed by atoms with van der Waals surface area (Å²) in [4.78, 5) is 39.8. The second kappa shape index (κ2) is 8.22. The van der Waals surface area contributed by atoms with E-state index in [1.165, 1.54) is 4.90 Å². The molecule has 0 fully saturated rings. The molecule has 7 heteroatoms. The van der Waals surface area contributed by atoms with Gasteiger partial charge in [-0.15, -0.1) is 0 Å². The highest BCUT2D eigenvalue weighted by Gasteiger charge is 2.26. The van der Waals surface area contributed by atoms with Crippen LogP contribution in [0.25, 0.3) is 0 Å². The average Bonchev–Trinajstić information content (AvgIpc) is 2.66. The van der Waals surface area contributed by atoms with E-state index in [9.17, 15) is 14.4 Å². The number of hydrogen-bond acceptors (Lipinski definition) is 3. The molecule has 0 saturated carbocycles. The summed E-state index contributed by atoms with van der Waals surface area (Å²) < 4.78 is 0. The van der Waals surface area contributed by atoms with Crippen molar-refractivity contribution in [2.75, 3.05) is 23.8 Å². The molecule has 0 unspecified atom stereocenters. The Kier molecular flexibility index (Phi) is 5.76. The topological polar surface area (TPSA) is 69.7 Å². The Morgan fingerprint density at radius 3 is 2.56 bits per heavy atom. The smallest absolute Gasteiger partial charge is 0.244 e. The van der Waals surface area contributed by atoms with Crippen molar-refractivity contribution < 1.29 is 14.4 Å². The van der Waals surface area contributed by atoms with E-state index in [1.807, 2.05) is 18.2 Å². The Labute approximate surface area is 162 Å². The third kappa shape index (κ3) is 4.65. The number of nitrogens with one attached hydrogen (secondary N) is 1. The molecule has 2 aromatic carbocycles. The highest BCUT2D eigenvalue weighted by Crippen LogP contribution is 2.29. The highest BCUT2D eigenvalue weighted by atomic mass is 35.5. The second-order valence-corrected chi connectivity index (χ2v) is 6.86. The number of nitrogens with zero attached hydrogens (tertiary/aromatic N) is 2. The molecule has 0 bridgehead atoms. The summed E-state index contributed by atoms with van der Waals surface area (Å²) in [6, 6.07) is 14.4. The van der Waals surface area contributed by atoms with Crippen LogP contribution in [0.3, 0.4) is 0 Å². The lowest BCUT2D eigenvalue weighted by atomic mass is 10.1. The molecule has 0 aromatic heterocycles. The molecule has 140 valence electrons. The largest absolute Gasteiger partial charge is 0.341 e. The van der Waals surface area contributed by atoms with Gasteiger partial charge in [0.2, 0.25) is 17.7 Å². The minimum Gasteiger partial charge on any atom is -0.341 e. The number of hydrogen-bond donors (Lipinski definition) is 1. The van der Waals surface area contributed by atoms with Crippen LogP contribution in [0.15, 0.2) is 48.5 Å². The Morgan fingerprint density at radius 1 is 1.11 bits per heavy atom. The van der Waals surface area contributed by atoms with Crippen LogP contribution in [0.4, 0.5) is 11.4 Å². The van der Waals surface area contributed by atoms with Gasteiger partial charge in [0, 0.05) is 31.5 Å². The number of anilines is 2. The second-order valence-electron chi connectivity index (χ2n) is 6.42. The molecular weight excluding hydrogens is 366 g/mol. The quantitative estimate of drug-likeness (QED) is 0.859. The van der Waals surface area contributed by atoms with Crippen LogP contribution in [0.5, 0.6) is 0 Å². The predicted octanol–water partition coefficient (Wildman–Crippen LogP) is 3.06. The monoisotopic (exact) mass is 385 g/mol. The average molecular weight is 386 g/mol. The zero-order valence-electron chi connectivity index (χ0n) is 14.9. The van der Waals surface area contributed by atoms with Crippen LogP contribution in [-0.4, -0.2) is 36.2 Å². The van der Waals surface area contributed by atoms with E-state index in [1.54, 1.807) is 42.3 Å². The summed E-state index contributed by atoms with van der Waals surface area (Å²) in [5, 5.41) is 3.38. The molecule has 6 nitrogen and oxygen atoms in total. The van der Waals surface area contributed by atoms with Crippen LogP contribution in [0.2, 0.25) is 5.02 Å². The van der Waals surface area contributed by atoms with E-state index in [0.717, 1.165) is 5.56 Å². The fourth-order valence-corrected chi connectivity index (χ4v) is 3.07. The molecule has 27 heavy (non-hydrogen) atoms. The van der Waals surface area contributed by atoms with Gasteiger partial charge in [-0.3, -0.25) is 14.4 Å². The number of benzene rings is 2. The number of para-hydroxylation sites is 2. The van der Waals surface area contributed by atoms with Crippen molar-refractivity contribution in [1.29, 1.82) is 0 Å². The van der Waals surface area contributed by atoms with Crippen LogP contribution < -0.4 is 10.2 Å². The van der Waals surface area contributed by atoms with E-state index < -0.39 is 0 Å². The molecule has 0 atom stereocenters. The number of rotatable bonds is 5. The standard InChI is InChI=1S/C20H20ClN3O3/c1-23(12-14-6-8-15(21)9-7-14)19(26)10-11-20(27)24-13-18(25)22-16-4-2-3-5-17(16)24/h2-9H,10-13H2,1H3,(H,22,25). The predicted molar refractivity (Wildman–Crippen MR) is 105 cm³/mol. The van der Waals surface area contributed by atoms with Crippen molar-refractivity contribution in [3.63, 3.8) is 0 Å².